The molecule has 1 fully saturated rings. The van der Waals surface area contributed by atoms with E-state index in [1.54, 1.807) is 6.20 Å². The van der Waals surface area contributed by atoms with Gasteiger partial charge in [0.25, 0.3) is 0 Å². The number of anilines is 1. The number of ether oxygens (including phenoxy) is 1. The summed E-state index contributed by atoms with van der Waals surface area (Å²) in [6, 6.07) is 42.5. The third-order valence-electron chi connectivity index (χ3n) is 7.59. The third-order valence-corrected chi connectivity index (χ3v) is 8.11. The van der Waals surface area contributed by atoms with Crippen LogP contribution in [-0.2, 0) is 0 Å². The molecule has 0 amide bonds. The second-order valence-electron chi connectivity index (χ2n) is 10.0. The van der Waals surface area contributed by atoms with Crippen molar-refractivity contribution in [2.24, 2.45) is 0 Å². The van der Waals surface area contributed by atoms with Gasteiger partial charge in [-0.2, -0.15) is 0 Å². The molecule has 1 aliphatic heterocycles. The van der Waals surface area contributed by atoms with Crippen LogP contribution in [-0.4, -0.2) is 18.1 Å². The summed E-state index contributed by atoms with van der Waals surface area (Å²) in [6.45, 7) is 2.16. The van der Waals surface area contributed by atoms with Crippen molar-refractivity contribution in [2.75, 3.05) is 18.0 Å². The van der Waals surface area contributed by atoms with Crippen LogP contribution in [0.3, 0.4) is 0 Å². The highest BCUT2D eigenvalue weighted by molar-refractivity contribution is 9.10. The molecule has 0 N–H and O–H groups in total. The van der Waals surface area contributed by atoms with Crippen LogP contribution in [0, 0.1) is 0 Å². The Morgan fingerprint density at radius 3 is 1.92 bits per heavy atom. The summed E-state index contributed by atoms with van der Waals surface area (Å²) in [4.78, 5) is 7.16. The lowest BCUT2D eigenvalue weighted by atomic mass is 9.88. The van der Waals surface area contributed by atoms with Crippen LogP contribution >= 0.6 is 15.9 Å². The Morgan fingerprint density at radius 2 is 1.31 bits per heavy atom. The van der Waals surface area contributed by atoms with E-state index in [9.17, 15) is 0 Å². The van der Waals surface area contributed by atoms with Crippen LogP contribution in [0.2, 0.25) is 0 Å². The lowest BCUT2D eigenvalue weighted by Gasteiger charge is -2.34. The number of rotatable bonds is 7. The molecule has 0 atom stereocenters. The van der Waals surface area contributed by atoms with Crippen molar-refractivity contribution in [2.45, 2.75) is 24.9 Å². The second kappa shape index (κ2) is 11.9. The number of aromatic nitrogens is 1. The molecule has 3 nitrogen and oxygen atoms in total. The Hall–Kier alpha value is -3.89. The van der Waals surface area contributed by atoms with Crippen LogP contribution in [0.1, 0.15) is 41.6 Å². The summed E-state index contributed by atoms with van der Waals surface area (Å²) < 4.78 is 7.78. The zero-order chi connectivity index (χ0) is 26.4. The fourth-order valence-electron chi connectivity index (χ4n) is 5.46. The number of halogens is 1. The van der Waals surface area contributed by atoms with Gasteiger partial charge < -0.3 is 9.64 Å². The van der Waals surface area contributed by atoms with Gasteiger partial charge in [-0.05, 0) is 77.4 Å². The van der Waals surface area contributed by atoms with E-state index in [0.29, 0.717) is 11.8 Å². The van der Waals surface area contributed by atoms with Gasteiger partial charge in [0.05, 0.1) is 0 Å². The summed E-state index contributed by atoms with van der Waals surface area (Å²) in [5.41, 5.74) is 7.04. The fraction of sp³-hybridized carbons (Fsp3) is 0.171. The SMILES string of the molecule is Brc1ccc(N2CCC(c3ccc(-c4cccnc4OC(c4ccccc4)c4ccccc4)cc3)CC2)cc1. The zero-order valence-corrected chi connectivity index (χ0v) is 23.4. The molecule has 4 heteroatoms. The Kier molecular flexibility index (Phi) is 7.73. The summed E-state index contributed by atoms with van der Waals surface area (Å²) in [7, 11) is 0. The van der Waals surface area contributed by atoms with Gasteiger partial charge in [-0.3, -0.25) is 0 Å². The van der Waals surface area contributed by atoms with Gasteiger partial charge in [0, 0.05) is 35.0 Å². The number of nitrogens with zero attached hydrogens (tertiary/aromatic N) is 2. The first kappa shape index (κ1) is 25.4. The number of pyridine rings is 1. The highest BCUT2D eigenvalue weighted by Crippen LogP contribution is 2.36. The van der Waals surface area contributed by atoms with Gasteiger partial charge in [-0.15, -0.1) is 0 Å². The standard InChI is InChI=1S/C35H31BrN2O/c36-31-17-19-32(20-18-31)38-24-21-27(22-25-38)26-13-15-28(16-14-26)33-12-7-23-37-35(33)39-34(29-8-3-1-4-9-29)30-10-5-2-6-11-30/h1-20,23,27,34H,21-22,24-25H2. The van der Waals surface area contributed by atoms with E-state index in [1.807, 2.05) is 18.2 Å². The minimum atomic E-state index is -0.240. The Balaban J connectivity index is 1.20. The molecule has 0 spiro atoms. The molecule has 194 valence electrons. The molecule has 0 radical (unpaired) electrons. The van der Waals surface area contributed by atoms with Crippen molar-refractivity contribution >= 4 is 21.6 Å². The predicted molar refractivity (Wildman–Crippen MR) is 163 cm³/mol. The summed E-state index contributed by atoms with van der Waals surface area (Å²) in [5, 5.41) is 0. The van der Waals surface area contributed by atoms with Crippen molar-refractivity contribution in [1.29, 1.82) is 0 Å². The quantitative estimate of drug-likeness (QED) is 0.194. The minimum absolute atomic E-state index is 0.240. The van der Waals surface area contributed by atoms with Gasteiger partial charge >= 0.3 is 0 Å². The summed E-state index contributed by atoms with van der Waals surface area (Å²) in [5.74, 6) is 1.22. The molecule has 39 heavy (non-hydrogen) atoms. The van der Waals surface area contributed by atoms with Crippen molar-refractivity contribution in [3.63, 3.8) is 0 Å². The normalized spacial score (nSPS) is 13.9. The van der Waals surface area contributed by atoms with E-state index in [2.05, 4.69) is 129 Å². The summed E-state index contributed by atoms with van der Waals surface area (Å²) >= 11 is 3.54. The monoisotopic (exact) mass is 574 g/mol. The molecule has 6 rings (SSSR count). The van der Waals surface area contributed by atoms with E-state index in [0.717, 1.165) is 52.7 Å². The molecule has 2 heterocycles. The number of benzene rings is 4. The van der Waals surface area contributed by atoms with Gasteiger partial charge in [-0.1, -0.05) is 101 Å². The number of piperidine rings is 1. The van der Waals surface area contributed by atoms with E-state index in [4.69, 9.17) is 4.74 Å². The topological polar surface area (TPSA) is 25.4 Å². The van der Waals surface area contributed by atoms with Crippen molar-refractivity contribution in [1.82, 2.24) is 4.98 Å². The van der Waals surface area contributed by atoms with E-state index in [1.165, 1.54) is 11.3 Å². The van der Waals surface area contributed by atoms with E-state index in [-0.39, 0.29) is 6.10 Å². The molecule has 0 bridgehead atoms. The summed E-state index contributed by atoms with van der Waals surface area (Å²) in [6.07, 6.45) is 3.88. The lowest BCUT2D eigenvalue weighted by Crippen LogP contribution is -2.32. The molecular weight excluding hydrogens is 544 g/mol. The van der Waals surface area contributed by atoms with Crippen molar-refractivity contribution < 1.29 is 4.74 Å². The van der Waals surface area contributed by atoms with Gasteiger partial charge in [0.2, 0.25) is 5.88 Å². The first-order valence-corrected chi connectivity index (χ1v) is 14.4. The average molecular weight is 576 g/mol. The first-order chi connectivity index (χ1) is 19.2. The highest BCUT2D eigenvalue weighted by Gasteiger charge is 2.22. The predicted octanol–water partition coefficient (Wildman–Crippen LogP) is 9.06. The van der Waals surface area contributed by atoms with Gasteiger partial charge in [-0.25, -0.2) is 4.98 Å². The molecule has 5 aromatic rings. The molecule has 0 aliphatic carbocycles. The fourth-order valence-corrected chi connectivity index (χ4v) is 5.72. The highest BCUT2D eigenvalue weighted by atomic mass is 79.9. The molecule has 1 saturated heterocycles. The molecule has 0 unspecified atom stereocenters. The lowest BCUT2D eigenvalue weighted by molar-refractivity contribution is 0.238. The largest absolute Gasteiger partial charge is 0.464 e. The Bertz CT molecular complexity index is 1440. The Labute approximate surface area is 239 Å². The first-order valence-electron chi connectivity index (χ1n) is 13.6. The minimum Gasteiger partial charge on any atom is -0.464 e. The third kappa shape index (κ3) is 5.91. The van der Waals surface area contributed by atoms with Crippen LogP contribution < -0.4 is 9.64 Å². The van der Waals surface area contributed by atoms with Crippen molar-refractivity contribution in [3.05, 3.63) is 149 Å². The Morgan fingerprint density at radius 1 is 0.692 bits per heavy atom. The maximum atomic E-state index is 6.66. The van der Waals surface area contributed by atoms with Gasteiger partial charge in [0.1, 0.15) is 0 Å². The molecule has 1 aromatic heterocycles. The second-order valence-corrected chi connectivity index (χ2v) is 11.0. The molecular formula is C35H31BrN2O. The molecule has 1 aliphatic rings. The molecule has 4 aromatic carbocycles. The van der Waals surface area contributed by atoms with Crippen LogP contribution in [0.25, 0.3) is 11.1 Å². The zero-order valence-electron chi connectivity index (χ0n) is 21.8. The van der Waals surface area contributed by atoms with Crippen LogP contribution in [0.15, 0.2) is 132 Å². The van der Waals surface area contributed by atoms with Crippen LogP contribution in [0.5, 0.6) is 5.88 Å². The average Bonchev–Trinajstić information content (AvgIpc) is 3.01. The number of hydrogen-bond acceptors (Lipinski definition) is 3. The van der Waals surface area contributed by atoms with Crippen molar-refractivity contribution in [3.8, 4) is 17.0 Å². The molecule has 0 saturated carbocycles. The van der Waals surface area contributed by atoms with Gasteiger partial charge in [0.15, 0.2) is 6.10 Å². The van der Waals surface area contributed by atoms with Crippen LogP contribution in [0.4, 0.5) is 5.69 Å². The van der Waals surface area contributed by atoms with E-state index >= 15 is 0 Å². The van der Waals surface area contributed by atoms with E-state index < -0.39 is 0 Å². The number of hydrogen-bond donors (Lipinski definition) is 0. The smallest absolute Gasteiger partial charge is 0.222 e. The maximum Gasteiger partial charge on any atom is 0.222 e. The maximum absolute atomic E-state index is 6.66.